The van der Waals surface area contributed by atoms with Crippen LogP contribution in [0.15, 0.2) is 39.0 Å². The number of hydrogen-bond acceptors (Lipinski definition) is 12. The second-order valence-corrected chi connectivity index (χ2v) is 12.6. The molecule has 2 aromatic heterocycles. The maximum Gasteiger partial charge on any atom is 0.219 e. The van der Waals surface area contributed by atoms with E-state index in [-0.39, 0.29) is 18.2 Å². The molecule has 2 aliphatic heterocycles. The Hall–Kier alpha value is -4.31. The minimum absolute atomic E-state index is 0.0638. The number of fused-ring (bicyclic) bond motifs is 4. The number of nitrogens with zero attached hydrogens (tertiary/aromatic N) is 6. The summed E-state index contributed by atoms with van der Waals surface area (Å²) in [6.07, 6.45) is 6.75. The first-order chi connectivity index (χ1) is 21.8. The summed E-state index contributed by atoms with van der Waals surface area (Å²) < 4.78 is 18.5. The van der Waals surface area contributed by atoms with E-state index in [4.69, 9.17) is 35.4 Å². The molecule has 3 aromatic rings. The quantitative estimate of drug-likeness (QED) is 0.265. The smallest absolute Gasteiger partial charge is 0.219 e. The second kappa shape index (κ2) is 11.6. The van der Waals surface area contributed by atoms with Crippen LogP contribution >= 0.6 is 0 Å². The van der Waals surface area contributed by atoms with E-state index in [0.717, 1.165) is 78.8 Å². The molecular formula is C33H39N9O3. The molecule has 0 amide bonds. The summed E-state index contributed by atoms with van der Waals surface area (Å²) in [6, 6.07) is 8.06. The van der Waals surface area contributed by atoms with Gasteiger partial charge in [0.05, 0.1) is 23.1 Å². The predicted octanol–water partition coefficient (Wildman–Crippen LogP) is 3.16. The maximum absolute atomic E-state index is 10.1. The molecule has 4 heterocycles. The molecule has 1 saturated heterocycles. The summed E-state index contributed by atoms with van der Waals surface area (Å²) in [4.78, 5) is 16.6. The Bertz CT molecular complexity index is 1740. The first-order valence-corrected chi connectivity index (χ1v) is 15.7. The van der Waals surface area contributed by atoms with Gasteiger partial charge in [0.2, 0.25) is 5.88 Å². The van der Waals surface area contributed by atoms with Crippen molar-refractivity contribution in [3.8, 4) is 23.5 Å². The average Bonchev–Trinajstić information content (AvgIpc) is 3.82. The number of likely N-dealkylation sites (tertiary alicyclic amines) is 1. The van der Waals surface area contributed by atoms with Gasteiger partial charge >= 0.3 is 0 Å². The number of nitrogens with one attached hydrogen (secondary N) is 1. The first-order valence-electron chi connectivity index (χ1n) is 15.7. The minimum atomic E-state index is -0.458. The van der Waals surface area contributed by atoms with Crippen LogP contribution in [0.4, 0.5) is 11.5 Å². The van der Waals surface area contributed by atoms with E-state index in [9.17, 15) is 5.26 Å². The third kappa shape index (κ3) is 4.95. The van der Waals surface area contributed by atoms with Gasteiger partial charge in [-0.05, 0) is 69.7 Å². The third-order valence-electron chi connectivity index (χ3n) is 10.0. The zero-order valence-electron chi connectivity index (χ0n) is 26.0. The van der Waals surface area contributed by atoms with E-state index in [1.165, 1.54) is 0 Å². The number of ether oxygens (including phenoxy) is 2. The molecule has 0 saturated carbocycles. The number of anilines is 1. The molecule has 234 valence electrons. The van der Waals surface area contributed by atoms with Crippen molar-refractivity contribution in [1.82, 2.24) is 25.3 Å². The SMILES string of the molecule is CO[C@H]1CCN(C)[C@@H]1[C@H](C)Oc1cc(N=CC2=C(N)CNC2)nc(-c2noc3c2CCC[C@@]32CCc3ccc(N)c(C#N)c32)n1. The van der Waals surface area contributed by atoms with Crippen molar-refractivity contribution in [1.29, 1.82) is 5.26 Å². The van der Waals surface area contributed by atoms with Crippen LogP contribution in [0.25, 0.3) is 11.5 Å². The van der Waals surface area contributed by atoms with Gasteiger partial charge in [0.1, 0.15) is 12.2 Å². The van der Waals surface area contributed by atoms with E-state index in [1.807, 2.05) is 19.1 Å². The molecule has 12 heteroatoms. The van der Waals surface area contributed by atoms with Gasteiger partial charge in [-0.15, -0.1) is 0 Å². The molecule has 1 fully saturated rings. The molecule has 0 bridgehead atoms. The van der Waals surface area contributed by atoms with Crippen LogP contribution in [-0.4, -0.2) is 78.3 Å². The number of likely N-dealkylation sites (N-methyl/N-ethyl adjacent to an activating group) is 1. The molecule has 45 heavy (non-hydrogen) atoms. The molecule has 7 rings (SSSR count). The zero-order valence-corrected chi connectivity index (χ0v) is 26.0. The van der Waals surface area contributed by atoms with Gasteiger partial charge in [-0.25, -0.2) is 9.98 Å². The number of hydrogen-bond donors (Lipinski definition) is 3. The van der Waals surface area contributed by atoms with Crippen LogP contribution in [0.2, 0.25) is 0 Å². The molecule has 5 N–H and O–H groups in total. The summed E-state index contributed by atoms with van der Waals surface area (Å²) in [6.45, 7) is 4.25. The Kier molecular flexibility index (Phi) is 7.55. The highest BCUT2D eigenvalue weighted by Gasteiger charge is 2.49. The Morgan fingerprint density at radius 2 is 2.11 bits per heavy atom. The fourth-order valence-corrected chi connectivity index (χ4v) is 7.85. The fraction of sp³-hybridized carbons (Fsp3) is 0.485. The second-order valence-electron chi connectivity index (χ2n) is 12.6. The van der Waals surface area contributed by atoms with Crippen molar-refractivity contribution in [3.63, 3.8) is 0 Å². The normalized spacial score (nSPS) is 25.2. The summed E-state index contributed by atoms with van der Waals surface area (Å²) >= 11 is 0. The van der Waals surface area contributed by atoms with Crippen molar-refractivity contribution < 1.29 is 14.0 Å². The van der Waals surface area contributed by atoms with Crippen LogP contribution < -0.4 is 21.5 Å². The monoisotopic (exact) mass is 609 g/mol. The summed E-state index contributed by atoms with van der Waals surface area (Å²) in [5.74, 6) is 2.00. The molecule has 0 radical (unpaired) electrons. The van der Waals surface area contributed by atoms with Crippen molar-refractivity contribution >= 4 is 17.7 Å². The zero-order chi connectivity index (χ0) is 31.3. The molecule has 0 unspecified atom stereocenters. The van der Waals surface area contributed by atoms with Gasteiger partial charge in [0.15, 0.2) is 23.1 Å². The third-order valence-corrected chi connectivity index (χ3v) is 10.0. The van der Waals surface area contributed by atoms with Crippen LogP contribution in [0.3, 0.4) is 0 Å². The summed E-state index contributed by atoms with van der Waals surface area (Å²) in [5.41, 5.74) is 18.4. The number of aryl methyl sites for hydroxylation is 1. The Morgan fingerprint density at radius 1 is 1.24 bits per heavy atom. The minimum Gasteiger partial charge on any atom is -0.473 e. The van der Waals surface area contributed by atoms with Crippen molar-refractivity contribution in [3.05, 3.63) is 57.5 Å². The van der Waals surface area contributed by atoms with Gasteiger partial charge in [-0.1, -0.05) is 11.2 Å². The lowest BCUT2D eigenvalue weighted by molar-refractivity contribution is 0.0174. The fourth-order valence-electron chi connectivity index (χ4n) is 7.85. The number of nitriles is 1. The van der Waals surface area contributed by atoms with E-state index < -0.39 is 5.41 Å². The topological polar surface area (TPSA) is 174 Å². The number of nitrogen functional groups attached to an aromatic ring is 1. The molecule has 4 atom stereocenters. The van der Waals surface area contributed by atoms with Crippen LogP contribution in [0, 0.1) is 11.3 Å². The number of rotatable bonds is 7. The highest BCUT2D eigenvalue weighted by Crippen LogP contribution is 2.54. The number of aromatic nitrogens is 3. The molecule has 2 aliphatic carbocycles. The van der Waals surface area contributed by atoms with E-state index in [2.05, 4.69) is 33.5 Å². The van der Waals surface area contributed by atoms with Gasteiger partial charge in [-0.3, -0.25) is 4.90 Å². The number of nitrogens with two attached hydrogens (primary N) is 2. The van der Waals surface area contributed by atoms with Gasteiger partial charge in [-0.2, -0.15) is 10.2 Å². The maximum atomic E-state index is 10.1. The van der Waals surface area contributed by atoms with Crippen molar-refractivity contribution in [2.45, 2.75) is 69.1 Å². The van der Waals surface area contributed by atoms with Gasteiger partial charge < -0.3 is 30.8 Å². The lowest BCUT2D eigenvalue weighted by Crippen LogP contribution is -2.44. The molecule has 12 nitrogen and oxygen atoms in total. The number of aliphatic imine (C=N–C) groups is 1. The van der Waals surface area contributed by atoms with E-state index >= 15 is 0 Å². The Balaban J connectivity index is 1.30. The molecule has 4 aliphatic rings. The number of benzene rings is 1. The molecule has 1 aromatic carbocycles. The highest BCUT2D eigenvalue weighted by molar-refractivity contribution is 5.83. The highest BCUT2D eigenvalue weighted by atomic mass is 16.5. The first kappa shape index (κ1) is 29.4. The molecular weight excluding hydrogens is 570 g/mol. The van der Waals surface area contributed by atoms with Crippen molar-refractivity contribution in [2.75, 3.05) is 39.5 Å². The Morgan fingerprint density at radius 3 is 2.89 bits per heavy atom. The summed E-state index contributed by atoms with van der Waals surface area (Å²) in [5, 5.41) is 17.9. The van der Waals surface area contributed by atoms with Crippen molar-refractivity contribution in [2.24, 2.45) is 10.7 Å². The Labute approximate surface area is 262 Å². The summed E-state index contributed by atoms with van der Waals surface area (Å²) in [7, 11) is 3.83. The predicted molar refractivity (Wildman–Crippen MR) is 169 cm³/mol. The lowest BCUT2D eigenvalue weighted by atomic mass is 9.68. The van der Waals surface area contributed by atoms with E-state index in [1.54, 1.807) is 19.4 Å². The van der Waals surface area contributed by atoms with Gasteiger partial charge in [0, 0.05) is 61.5 Å². The molecule has 1 spiro atoms. The lowest BCUT2D eigenvalue weighted by Gasteiger charge is -2.33. The van der Waals surface area contributed by atoms with E-state index in [0.29, 0.717) is 47.6 Å². The number of methoxy groups -OCH3 is 1. The van der Waals surface area contributed by atoms with Crippen LogP contribution in [-0.2, 0) is 23.0 Å². The van der Waals surface area contributed by atoms with Gasteiger partial charge in [0.25, 0.3) is 0 Å². The van der Waals surface area contributed by atoms with Crippen LogP contribution in [0.1, 0.15) is 60.6 Å². The largest absolute Gasteiger partial charge is 0.473 e. The van der Waals surface area contributed by atoms with Crippen LogP contribution in [0.5, 0.6) is 5.88 Å². The average molecular weight is 610 g/mol. The standard InChI is InChI=1S/C33H39N9O3/c1-18(30-25(43-3)9-12-42(30)2)44-27-13-26(38-16-20-15-37-17-24(20)36)39-32(40-27)29-21-5-4-10-33(31(21)45-41-29)11-8-19-6-7-23(35)22(14-34)28(19)33/h6-7,13,16,18,25,30,37H,4-5,8-12,15,17,35-36H2,1-3H3/t18-,25-,30+,33-/m0/s1.